The van der Waals surface area contributed by atoms with Crippen LogP contribution in [0.15, 0.2) is 0 Å². The maximum atomic E-state index is 12.2. The molecule has 0 aromatic heterocycles. The summed E-state index contributed by atoms with van der Waals surface area (Å²) < 4.78 is 0. The third kappa shape index (κ3) is 3.99. The highest BCUT2D eigenvalue weighted by Gasteiger charge is 2.37. The summed E-state index contributed by atoms with van der Waals surface area (Å²) in [5.41, 5.74) is -1.08. The number of carbonyl (C=O) groups excluding carboxylic acids is 1. The number of carbonyl (C=O) groups is 1. The topological polar surface area (TPSA) is 85.2 Å². The first-order valence-corrected chi connectivity index (χ1v) is 8.62. The molecule has 5 heteroatoms. The van der Waals surface area contributed by atoms with E-state index in [1.165, 1.54) is 19.3 Å². The van der Waals surface area contributed by atoms with Gasteiger partial charge in [-0.05, 0) is 51.4 Å². The molecule has 2 aliphatic rings. The minimum atomic E-state index is -0.667. The van der Waals surface area contributed by atoms with E-state index < -0.39 is 11.1 Å². The van der Waals surface area contributed by atoms with Gasteiger partial charge in [-0.15, -0.1) is 0 Å². The van der Waals surface area contributed by atoms with Crippen LogP contribution in [0.4, 0.5) is 0 Å². The second kappa shape index (κ2) is 7.43. The minimum Gasteiger partial charge on any atom is -0.394 e. The van der Waals surface area contributed by atoms with Crippen molar-refractivity contribution in [2.75, 3.05) is 13.2 Å². The quantitative estimate of drug-likeness (QED) is 0.699. The summed E-state index contributed by atoms with van der Waals surface area (Å²) in [4.78, 5) is 12.2. The first-order valence-electron chi connectivity index (χ1n) is 8.62. The smallest absolute Gasteiger partial charge is 0.235 e. The van der Waals surface area contributed by atoms with E-state index in [9.17, 15) is 15.2 Å². The summed E-state index contributed by atoms with van der Waals surface area (Å²) >= 11 is 0. The van der Waals surface area contributed by atoms with Gasteiger partial charge in [0.2, 0.25) is 5.91 Å². The molecule has 124 valence electrons. The Morgan fingerprint density at radius 2 is 1.91 bits per heavy atom. The van der Waals surface area contributed by atoms with Gasteiger partial charge in [-0.1, -0.05) is 19.3 Å². The standard InChI is InChI=1S/C17H29N3O2/c1-16(13-21,14-7-3-2-4-8-14)19-11-15(22)20-17(12-18)9-5-6-10-17/h14,19,21H,2-11,13H2,1H3,(H,20,22)/t16-/m0/s1. The molecule has 0 aromatic rings. The molecule has 0 unspecified atom stereocenters. The average molecular weight is 307 g/mol. The Morgan fingerprint density at radius 1 is 1.27 bits per heavy atom. The monoisotopic (exact) mass is 307 g/mol. The lowest BCUT2D eigenvalue weighted by atomic mass is 9.76. The van der Waals surface area contributed by atoms with E-state index in [0.717, 1.165) is 38.5 Å². The highest BCUT2D eigenvalue weighted by Crippen LogP contribution is 2.32. The molecule has 22 heavy (non-hydrogen) atoms. The molecular formula is C17H29N3O2. The number of aliphatic hydroxyl groups excluding tert-OH is 1. The Morgan fingerprint density at radius 3 is 2.45 bits per heavy atom. The Hall–Kier alpha value is -1.12. The van der Waals surface area contributed by atoms with Crippen molar-refractivity contribution in [3.8, 4) is 6.07 Å². The van der Waals surface area contributed by atoms with Gasteiger partial charge in [0.15, 0.2) is 0 Å². The van der Waals surface area contributed by atoms with Gasteiger partial charge in [0, 0.05) is 5.54 Å². The molecule has 0 aromatic carbocycles. The predicted octanol–water partition coefficient (Wildman–Crippen LogP) is 1.86. The predicted molar refractivity (Wildman–Crippen MR) is 85.0 cm³/mol. The van der Waals surface area contributed by atoms with Crippen LogP contribution in [-0.2, 0) is 4.79 Å². The molecule has 3 N–H and O–H groups in total. The molecule has 5 nitrogen and oxygen atoms in total. The summed E-state index contributed by atoms with van der Waals surface area (Å²) in [6, 6.07) is 2.27. The summed E-state index contributed by atoms with van der Waals surface area (Å²) in [7, 11) is 0. The molecule has 1 atom stereocenters. The SMILES string of the molecule is C[C@@](CO)(NCC(=O)NC1(C#N)CCCC1)C1CCCCC1. The zero-order chi connectivity index (χ0) is 16.1. The van der Waals surface area contributed by atoms with Crippen molar-refractivity contribution in [1.29, 1.82) is 5.26 Å². The number of nitriles is 1. The molecule has 2 rings (SSSR count). The number of hydrogen-bond donors (Lipinski definition) is 3. The second-order valence-electron chi connectivity index (χ2n) is 7.21. The second-order valence-corrected chi connectivity index (χ2v) is 7.21. The number of hydrogen-bond acceptors (Lipinski definition) is 4. The molecule has 2 aliphatic carbocycles. The van der Waals surface area contributed by atoms with Crippen LogP contribution >= 0.6 is 0 Å². The van der Waals surface area contributed by atoms with Crippen LogP contribution in [-0.4, -0.2) is 35.2 Å². The maximum absolute atomic E-state index is 12.2. The zero-order valence-corrected chi connectivity index (χ0v) is 13.7. The zero-order valence-electron chi connectivity index (χ0n) is 13.7. The molecule has 2 saturated carbocycles. The van der Waals surface area contributed by atoms with E-state index in [1.807, 2.05) is 6.92 Å². The number of amides is 1. The van der Waals surface area contributed by atoms with Gasteiger partial charge in [-0.25, -0.2) is 0 Å². The number of nitrogens with one attached hydrogen (secondary N) is 2. The minimum absolute atomic E-state index is 0.0361. The van der Waals surface area contributed by atoms with Crippen molar-refractivity contribution in [3.05, 3.63) is 0 Å². The lowest BCUT2D eigenvalue weighted by Crippen LogP contribution is -2.57. The van der Waals surface area contributed by atoms with Crippen LogP contribution in [0.2, 0.25) is 0 Å². The van der Waals surface area contributed by atoms with Gasteiger partial charge in [0.25, 0.3) is 0 Å². The van der Waals surface area contributed by atoms with E-state index in [4.69, 9.17) is 0 Å². The lowest BCUT2D eigenvalue weighted by Gasteiger charge is -2.39. The summed E-state index contributed by atoms with van der Waals surface area (Å²) in [6.07, 6.45) is 9.36. The molecule has 0 bridgehead atoms. The Bertz CT molecular complexity index is 420. The van der Waals surface area contributed by atoms with Crippen LogP contribution in [0.1, 0.15) is 64.7 Å². The van der Waals surface area contributed by atoms with Crippen molar-refractivity contribution in [2.24, 2.45) is 5.92 Å². The summed E-state index contributed by atoms with van der Waals surface area (Å²) in [6.45, 7) is 2.21. The lowest BCUT2D eigenvalue weighted by molar-refractivity contribution is -0.122. The Balaban J connectivity index is 1.87. The van der Waals surface area contributed by atoms with Gasteiger partial charge in [0.05, 0.1) is 19.2 Å². The molecule has 2 fully saturated rings. The van der Waals surface area contributed by atoms with Crippen LogP contribution in [0, 0.1) is 17.2 Å². The molecule has 0 aliphatic heterocycles. The molecule has 1 amide bonds. The highest BCUT2D eigenvalue weighted by molar-refractivity contribution is 5.79. The molecule has 0 radical (unpaired) electrons. The van der Waals surface area contributed by atoms with Crippen molar-refractivity contribution >= 4 is 5.91 Å². The maximum Gasteiger partial charge on any atom is 0.235 e. The average Bonchev–Trinajstić information content (AvgIpc) is 3.02. The highest BCUT2D eigenvalue weighted by atomic mass is 16.3. The fourth-order valence-electron chi connectivity index (χ4n) is 3.91. The Labute approximate surface area is 133 Å². The Kier molecular flexibility index (Phi) is 5.82. The molecular weight excluding hydrogens is 278 g/mol. The van der Waals surface area contributed by atoms with Crippen molar-refractivity contribution < 1.29 is 9.90 Å². The summed E-state index contributed by atoms with van der Waals surface area (Å²) in [5, 5.41) is 25.3. The van der Waals surface area contributed by atoms with Gasteiger partial charge in [0.1, 0.15) is 5.54 Å². The van der Waals surface area contributed by atoms with Gasteiger partial charge < -0.3 is 15.7 Å². The van der Waals surface area contributed by atoms with Gasteiger partial charge >= 0.3 is 0 Å². The third-order valence-electron chi connectivity index (χ3n) is 5.54. The van der Waals surface area contributed by atoms with E-state index in [2.05, 4.69) is 16.7 Å². The molecule has 0 saturated heterocycles. The van der Waals surface area contributed by atoms with Crippen LogP contribution in [0.5, 0.6) is 0 Å². The fraction of sp³-hybridized carbons (Fsp3) is 0.882. The van der Waals surface area contributed by atoms with E-state index in [0.29, 0.717) is 5.92 Å². The normalized spacial score (nSPS) is 24.4. The first kappa shape index (κ1) is 17.2. The molecule has 0 spiro atoms. The van der Waals surface area contributed by atoms with Crippen molar-refractivity contribution in [2.45, 2.75) is 75.8 Å². The number of rotatable bonds is 6. The van der Waals surface area contributed by atoms with Crippen molar-refractivity contribution in [1.82, 2.24) is 10.6 Å². The summed E-state index contributed by atoms with van der Waals surface area (Å²) in [5.74, 6) is 0.273. The van der Waals surface area contributed by atoms with Crippen LogP contribution < -0.4 is 10.6 Å². The first-order chi connectivity index (χ1) is 10.5. The largest absolute Gasteiger partial charge is 0.394 e. The van der Waals surface area contributed by atoms with E-state index >= 15 is 0 Å². The van der Waals surface area contributed by atoms with E-state index in [-0.39, 0.29) is 19.1 Å². The van der Waals surface area contributed by atoms with Gasteiger partial charge in [-0.2, -0.15) is 5.26 Å². The number of nitrogens with zero attached hydrogens (tertiary/aromatic N) is 1. The third-order valence-corrected chi connectivity index (χ3v) is 5.54. The fourth-order valence-corrected chi connectivity index (χ4v) is 3.91. The van der Waals surface area contributed by atoms with E-state index in [1.54, 1.807) is 0 Å². The van der Waals surface area contributed by atoms with Crippen LogP contribution in [0.3, 0.4) is 0 Å². The number of aliphatic hydroxyl groups is 1. The molecule has 0 heterocycles. The van der Waals surface area contributed by atoms with Crippen LogP contribution in [0.25, 0.3) is 0 Å². The van der Waals surface area contributed by atoms with Crippen molar-refractivity contribution in [3.63, 3.8) is 0 Å². The van der Waals surface area contributed by atoms with Gasteiger partial charge in [-0.3, -0.25) is 4.79 Å².